The maximum atomic E-state index is 13.4. The number of benzene rings is 1. The second-order valence-corrected chi connectivity index (χ2v) is 10.2. The van der Waals surface area contributed by atoms with Crippen molar-refractivity contribution in [2.45, 2.75) is 45.7 Å². The summed E-state index contributed by atoms with van der Waals surface area (Å²) in [6.07, 6.45) is 6.64. The highest BCUT2D eigenvalue weighted by Gasteiger charge is 2.27. The van der Waals surface area contributed by atoms with E-state index < -0.39 is 0 Å². The number of nitrogens with zero attached hydrogens (tertiary/aromatic N) is 4. The van der Waals surface area contributed by atoms with Crippen molar-refractivity contribution in [2.24, 2.45) is 5.92 Å². The molecule has 4 aromatic rings. The van der Waals surface area contributed by atoms with Crippen LogP contribution in [0, 0.1) is 5.92 Å². The van der Waals surface area contributed by atoms with Crippen LogP contribution in [0.5, 0.6) is 0 Å². The lowest BCUT2D eigenvalue weighted by atomic mass is 9.92. The fourth-order valence-corrected chi connectivity index (χ4v) is 6.05. The number of fused-ring (bicyclic) bond motifs is 4. The molecule has 0 bridgehead atoms. The summed E-state index contributed by atoms with van der Waals surface area (Å²) in [6.45, 7) is 6.13. The van der Waals surface area contributed by atoms with Gasteiger partial charge in [0.1, 0.15) is 4.83 Å². The normalized spacial score (nSPS) is 16.5. The van der Waals surface area contributed by atoms with Gasteiger partial charge in [-0.1, -0.05) is 32.0 Å². The Balaban J connectivity index is 1.46. The third-order valence-electron chi connectivity index (χ3n) is 6.29. The van der Waals surface area contributed by atoms with Crippen LogP contribution in [0.3, 0.4) is 0 Å². The van der Waals surface area contributed by atoms with Gasteiger partial charge in [-0.2, -0.15) is 0 Å². The van der Waals surface area contributed by atoms with E-state index in [0.29, 0.717) is 18.5 Å². The number of hydrogen-bond acceptors (Lipinski definition) is 5. The second-order valence-electron chi connectivity index (χ2n) is 9.13. The Hall–Kier alpha value is -2.57. The molecule has 5 nitrogen and oxygen atoms in total. The van der Waals surface area contributed by atoms with Gasteiger partial charge < -0.3 is 4.90 Å². The quantitative estimate of drug-likeness (QED) is 0.466. The molecule has 1 aliphatic rings. The first-order valence-electron chi connectivity index (χ1n) is 11.0. The van der Waals surface area contributed by atoms with Crippen molar-refractivity contribution in [2.75, 3.05) is 13.6 Å². The Kier molecular flexibility index (Phi) is 5.36. The molecule has 0 radical (unpaired) electrons. The van der Waals surface area contributed by atoms with E-state index in [1.165, 1.54) is 10.4 Å². The van der Waals surface area contributed by atoms with Crippen LogP contribution in [-0.4, -0.2) is 39.1 Å². The lowest BCUT2D eigenvalue weighted by Crippen LogP contribution is -2.38. The minimum atomic E-state index is 0.0737. The van der Waals surface area contributed by atoms with Gasteiger partial charge in [0, 0.05) is 29.0 Å². The molecule has 160 valence electrons. The summed E-state index contributed by atoms with van der Waals surface area (Å²) < 4.78 is 1.73. The highest BCUT2D eigenvalue weighted by Crippen LogP contribution is 2.35. The van der Waals surface area contributed by atoms with Gasteiger partial charge in [0.15, 0.2) is 0 Å². The maximum Gasteiger partial charge on any atom is 0.262 e. The number of pyridine rings is 1. The number of para-hydroxylation sites is 1. The molecule has 0 saturated heterocycles. The SMILES string of the molecule is CC(C)CN(C)C1CCc2c(sc3ncn(Cc4cnc5ccccc5c4)c(=O)c23)C1. The van der Waals surface area contributed by atoms with E-state index in [0.717, 1.165) is 52.5 Å². The van der Waals surface area contributed by atoms with Crippen molar-refractivity contribution in [1.82, 2.24) is 19.4 Å². The average Bonchev–Trinajstić information content (AvgIpc) is 3.13. The predicted molar refractivity (Wildman–Crippen MR) is 128 cm³/mol. The Bertz CT molecular complexity index is 1310. The van der Waals surface area contributed by atoms with Crippen molar-refractivity contribution in [3.05, 3.63) is 69.2 Å². The van der Waals surface area contributed by atoms with Crippen LogP contribution in [-0.2, 0) is 19.4 Å². The minimum absolute atomic E-state index is 0.0737. The van der Waals surface area contributed by atoms with Crippen molar-refractivity contribution in [1.29, 1.82) is 0 Å². The van der Waals surface area contributed by atoms with Gasteiger partial charge >= 0.3 is 0 Å². The molecular formula is C25H28N4OS. The zero-order valence-electron chi connectivity index (χ0n) is 18.3. The van der Waals surface area contributed by atoms with Crippen LogP contribution < -0.4 is 5.56 Å². The van der Waals surface area contributed by atoms with Crippen LogP contribution >= 0.6 is 11.3 Å². The first kappa shape index (κ1) is 20.3. The summed E-state index contributed by atoms with van der Waals surface area (Å²) in [6, 6.07) is 10.7. The monoisotopic (exact) mass is 432 g/mol. The molecule has 5 rings (SSSR count). The number of hydrogen-bond donors (Lipinski definition) is 0. The number of likely N-dealkylation sites (N-methyl/N-ethyl adjacent to an activating group) is 1. The summed E-state index contributed by atoms with van der Waals surface area (Å²) >= 11 is 1.71. The highest BCUT2D eigenvalue weighted by molar-refractivity contribution is 7.18. The fourth-order valence-electron chi connectivity index (χ4n) is 4.80. The second kappa shape index (κ2) is 8.17. The van der Waals surface area contributed by atoms with Gasteiger partial charge in [-0.25, -0.2) is 4.98 Å². The Morgan fingerprint density at radius 1 is 1.26 bits per heavy atom. The molecule has 0 saturated carbocycles. The Morgan fingerprint density at radius 2 is 2.10 bits per heavy atom. The van der Waals surface area contributed by atoms with Crippen LogP contribution in [0.2, 0.25) is 0 Å². The van der Waals surface area contributed by atoms with Crippen LogP contribution in [0.1, 0.15) is 36.3 Å². The number of thiophene rings is 1. The molecule has 1 unspecified atom stereocenters. The summed E-state index contributed by atoms with van der Waals surface area (Å²) in [5, 5.41) is 1.92. The molecule has 31 heavy (non-hydrogen) atoms. The summed E-state index contributed by atoms with van der Waals surface area (Å²) in [5.41, 5.74) is 3.29. The van der Waals surface area contributed by atoms with E-state index >= 15 is 0 Å². The van der Waals surface area contributed by atoms with E-state index in [9.17, 15) is 4.79 Å². The third-order valence-corrected chi connectivity index (χ3v) is 7.45. The highest BCUT2D eigenvalue weighted by atomic mass is 32.1. The Morgan fingerprint density at radius 3 is 2.94 bits per heavy atom. The molecule has 3 aromatic heterocycles. The topological polar surface area (TPSA) is 51.0 Å². The molecule has 1 aliphatic carbocycles. The molecule has 1 aromatic carbocycles. The third kappa shape index (κ3) is 3.90. The van der Waals surface area contributed by atoms with Crippen molar-refractivity contribution in [3.8, 4) is 0 Å². The molecule has 0 fully saturated rings. The molecular weight excluding hydrogens is 404 g/mol. The molecule has 0 amide bonds. The van der Waals surface area contributed by atoms with Gasteiger partial charge in [-0.3, -0.25) is 14.3 Å². The fraction of sp³-hybridized carbons (Fsp3) is 0.400. The number of aromatic nitrogens is 3. The zero-order chi connectivity index (χ0) is 21.5. The first-order valence-corrected chi connectivity index (χ1v) is 11.8. The van der Waals surface area contributed by atoms with Crippen molar-refractivity contribution < 1.29 is 0 Å². The lowest BCUT2D eigenvalue weighted by Gasteiger charge is -2.32. The lowest BCUT2D eigenvalue weighted by molar-refractivity contribution is 0.201. The number of aryl methyl sites for hydroxylation is 1. The molecule has 0 aliphatic heterocycles. The van der Waals surface area contributed by atoms with Gasteiger partial charge in [0.25, 0.3) is 5.56 Å². The summed E-state index contributed by atoms with van der Waals surface area (Å²) in [4.78, 5) is 27.3. The standard InChI is InChI=1S/C25H28N4OS/c1-16(2)13-28(3)19-8-9-20-22(11-19)31-24-23(20)25(30)29(15-27-24)14-17-10-18-6-4-5-7-21(18)26-12-17/h4-7,10,12,15-16,19H,8-9,11,13-14H2,1-3H3. The Labute approximate surface area is 186 Å². The molecule has 3 heterocycles. The number of rotatable bonds is 5. The molecule has 0 spiro atoms. The van der Waals surface area contributed by atoms with Crippen molar-refractivity contribution in [3.63, 3.8) is 0 Å². The molecule has 0 N–H and O–H groups in total. The smallest absolute Gasteiger partial charge is 0.262 e. The van der Waals surface area contributed by atoms with E-state index in [2.05, 4.69) is 47.9 Å². The van der Waals surface area contributed by atoms with E-state index in [4.69, 9.17) is 0 Å². The van der Waals surface area contributed by atoms with Gasteiger partial charge in [0.2, 0.25) is 0 Å². The predicted octanol–water partition coefficient (Wildman–Crippen LogP) is 4.50. The van der Waals surface area contributed by atoms with Gasteiger partial charge in [0.05, 0.1) is 23.8 Å². The minimum Gasteiger partial charge on any atom is -0.303 e. The van der Waals surface area contributed by atoms with E-state index in [1.807, 2.05) is 24.4 Å². The van der Waals surface area contributed by atoms with E-state index in [1.54, 1.807) is 22.2 Å². The first-order chi connectivity index (χ1) is 15.0. The summed E-state index contributed by atoms with van der Waals surface area (Å²) in [5.74, 6) is 0.660. The molecule has 1 atom stereocenters. The van der Waals surface area contributed by atoms with Crippen LogP contribution in [0.15, 0.2) is 47.7 Å². The largest absolute Gasteiger partial charge is 0.303 e. The zero-order valence-corrected chi connectivity index (χ0v) is 19.2. The van der Waals surface area contributed by atoms with Gasteiger partial charge in [-0.05, 0) is 55.5 Å². The van der Waals surface area contributed by atoms with Crippen molar-refractivity contribution >= 4 is 32.5 Å². The molecule has 6 heteroatoms. The van der Waals surface area contributed by atoms with E-state index in [-0.39, 0.29) is 5.56 Å². The van der Waals surface area contributed by atoms with Crippen LogP contribution in [0.4, 0.5) is 0 Å². The van der Waals surface area contributed by atoms with Crippen LogP contribution in [0.25, 0.3) is 21.1 Å². The summed E-state index contributed by atoms with van der Waals surface area (Å²) in [7, 11) is 2.23. The maximum absolute atomic E-state index is 13.4. The van der Waals surface area contributed by atoms with Gasteiger partial charge in [-0.15, -0.1) is 11.3 Å². The average molecular weight is 433 g/mol.